The highest BCUT2D eigenvalue weighted by molar-refractivity contribution is 5.77. The molecule has 0 spiro atoms. The minimum absolute atomic E-state index is 0.0740. The topological polar surface area (TPSA) is 38.8 Å². The van der Waals surface area contributed by atoms with Crippen molar-refractivity contribution in [2.24, 2.45) is 5.41 Å². The largest absolute Gasteiger partial charge is 0.468 e. The Kier molecular flexibility index (Phi) is 2.93. The molecule has 0 aromatic carbocycles. The molecule has 0 N–H and O–H groups in total. The van der Waals surface area contributed by atoms with Gasteiger partial charge in [-0.15, -0.1) is 0 Å². The van der Waals surface area contributed by atoms with Gasteiger partial charge in [0.05, 0.1) is 19.8 Å². The quantitative estimate of drug-likeness (QED) is 0.600. The number of carbonyl (C=O) groups is 1. The van der Waals surface area contributed by atoms with Crippen LogP contribution in [-0.4, -0.2) is 37.3 Å². The number of rotatable bonds is 2. The molecule has 0 amide bonds. The van der Waals surface area contributed by atoms with Crippen LogP contribution in [0.2, 0.25) is 0 Å². The van der Waals surface area contributed by atoms with Crippen LogP contribution in [0.15, 0.2) is 0 Å². The van der Waals surface area contributed by atoms with Crippen LogP contribution in [0, 0.1) is 5.41 Å². The van der Waals surface area contributed by atoms with Crippen molar-refractivity contribution in [3.8, 4) is 0 Å². The first-order chi connectivity index (χ1) is 6.06. The van der Waals surface area contributed by atoms with Gasteiger partial charge in [-0.3, -0.25) is 9.63 Å². The van der Waals surface area contributed by atoms with Gasteiger partial charge in [-0.2, -0.15) is 5.06 Å². The summed E-state index contributed by atoms with van der Waals surface area (Å²) in [4.78, 5) is 16.9. The molecular formula is C9H17NO3. The summed E-state index contributed by atoms with van der Waals surface area (Å²) >= 11 is 0. The first kappa shape index (κ1) is 10.5. The van der Waals surface area contributed by atoms with Gasteiger partial charge < -0.3 is 4.74 Å². The molecule has 0 bridgehead atoms. The van der Waals surface area contributed by atoms with Crippen LogP contribution in [0.3, 0.4) is 0 Å². The van der Waals surface area contributed by atoms with Gasteiger partial charge in [-0.25, -0.2) is 0 Å². The van der Waals surface area contributed by atoms with Crippen LogP contribution in [0.5, 0.6) is 0 Å². The van der Waals surface area contributed by atoms with Crippen molar-refractivity contribution in [2.75, 3.05) is 20.3 Å². The molecule has 76 valence electrons. The van der Waals surface area contributed by atoms with Gasteiger partial charge in [0.2, 0.25) is 0 Å². The third-order valence-electron chi connectivity index (χ3n) is 2.85. The molecule has 1 rings (SSSR count). The Hall–Kier alpha value is -0.610. The second-order valence-corrected chi connectivity index (χ2v) is 3.59. The maximum Gasteiger partial charge on any atom is 0.315 e. The first-order valence-corrected chi connectivity index (χ1v) is 4.54. The van der Waals surface area contributed by atoms with E-state index in [-0.39, 0.29) is 12.0 Å². The Balaban J connectivity index is 2.76. The van der Waals surface area contributed by atoms with E-state index in [4.69, 9.17) is 9.57 Å². The van der Waals surface area contributed by atoms with Crippen molar-refractivity contribution in [3.63, 3.8) is 0 Å². The van der Waals surface area contributed by atoms with Crippen molar-refractivity contribution in [1.29, 1.82) is 0 Å². The molecular weight excluding hydrogens is 170 g/mol. The Labute approximate surface area is 78.8 Å². The third-order valence-corrected chi connectivity index (χ3v) is 2.85. The zero-order valence-electron chi connectivity index (χ0n) is 8.66. The molecule has 0 aromatic rings. The van der Waals surface area contributed by atoms with Crippen LogP contribution < -0.4 is 0 Å². The first-order valence-electron chi connectivity index (χ1n) is 4.54. The fraction of sp³-hybridized carbons (Fsp3) is 0.889. The number of hydrogen-bond donors (Lipinski definition) is 0. The molecule has 2 unspecified atom stereocenters. The molecule has 0 radical (unpaired) electrons. The minimum Gasteiger partial charge on any atom is -0.468 e. The van der Waals surface area contributed by atoms with Crippen molar-refractivity contribution in [3.05, 3.63) is 0 Å². The van der Waals surface area contributed by atoms with Crippen LogP contribution in [0.1, 0.15) is 20.8 Å². The zero-order valence-corrected chi connectivity index (χ0v) is 8.66. The molecule has 0 aliphatic carbocycles. The lowest BCUT2D eigenvalue weighted by atomic mass is 9.85. The Morgan fingerprint density at radius 1 is 1.77 bits per heavy atom. The fourth-order valence-corrected chi connectivity index (χ4v) is 1.59. The maximum absolute atomic E-state index is 11.5. The summed E-state index contributed by atoms with van der Waals surface area (Å²) < 4.78 is 4.75. The minimum atomic E-state index is -0.523. The Bertz CT molecular complexity index is 207. The second-order valence-electron chi connectivity index (χ2n) is 3.59. The molecule has 0 aromatic heterocycles. The van der Waals surface area contributed by atoms with Crippen molar-refractivity contribution in [1.82, 2.24) is 5.06 Å². The van der Waals surface area contributed by atoms with Crippen LogP contribution in [-0.2, 0) is 14.4 Å². The van der Waals surface area contributed by atoms with E-state index in [1.54, 1.807) is 0 Å². The smallest absolute Gasteiger partial charge is 0.315 e. The molecule has 2 atom stereocenters. The van der Waals surface area contributed by atoms with E-state index in [2.05, 4.69) is 0 Å². The highest BCUT2D eigenvalue weighted by atomic mass is 16.7. The predicted octanol–water partition coefficient (Wildman–Crippen LogP) is 0.821. The average Bonchev–Trinajstić information content (AvgIpc) is 2.43. The molecule has 1 aliphatic rings. The lowest BCUT2D eigenvalue weighted by molar-refractivity contribution is -0.152. The normalized spacial score (nSPS) is 34.9. The number of carbonyl (C=O) groups excluding carboxylic acids is 1. The van der Waals surface area contributed by atoms with Crippen molar-refractivity contribution in [2.45, 2.75) is 26.8 Å². The van der Waals surface area contributed by atoms with E-state index in [0.29, 0.717) is 6.61 Å². The monoisotopic (exact) mass is 187 g/mol. The third kappa shape index (κ3) is 1.56. The number of hydrogen-bond acceptors (Lipinski definition) is 4. The SMILES string of the molecule is CCN1OCC(C)(C(=O)OC)C1C. The Morgan fingerprint density at radius 3 is 2.77 bits per heavy atom. The van der Waals surface area contributed by atoms with Gasteiger partial charge in [-0.05, 0) is 13.8 Å². The lowest BCUT2D eigenvalue weighted by Gasteiger charge is -2.26. The summed E-state index contributed by atoms with van der Waals surface area (Å²) in [7, 11) is 1.41. The van der Waals surface area contributed by atoms with Gasteiger partial charge in [0.1, 0.15) is 5.41 Å². The molecule has 4 nitrogen and oxygen atoms in total. The standard InChI is InChI=1S/C9H17NO3/c1-5-10-7(2)9(3,6-13-10)8(11)12-4/h7H,5-6H2,1-4H3. The van der Waals surface area contributed by atoms with Crippen molar-refractivity contribution >= 4 is 5.97 Å². The van der Waals surface area contributed by atoms with Gasteiger partial charge in [0.15, 0.2) is 0 Å². The van der Waals surface area contributed by atoms with E-state index in [1.165, 1.54) is 7.11 Å². The van der Waals surface area contributed by atoms with Crippen LogP contribution >= 0.6 is 0 Å². The van der Waals surface area contributed by atoms with Gasteiger partial charge in [0.25, 0.3) is 0 Å². The summed E-state index contributed by atoms with van der Waals surface area (Å²) in [6, 6.07) is 0.0740. The second kappa shape index (κ2) is 3.64. The van der Waals surface area contributed by atoms with Gasteiger partial charge >= 0.3 is 5.97 Å². The van der Waals surface area contributed by atoms with E-state index in [9.17, 15) is 4.79 Å². The molecule has 1 heterocycles. The highest BCUT2D eigenvalue weighted by Gasteiger charge is 2.48. The van der Waals surface area contributed by atoms with E-state index in [1.807, 2.05) is 25.8 Å². The molecule has 1 saturated heterocycles. The summed E-state index contributed by atoms with van der Waals surface area (Å²) in [6.07, 6.45) is 0. The molecule has 1 fully saturated rings. The Morgan fingerprint density at radius 2 is 2.38 bits per heavy atom. The summed E-state index contributed by atoms with van der Waals surface area (Å²) in [5.74, 6) is -0.198. The number of ether oxygens (including phenoxy) is 1. The van der Waals surface area contributed by atoms with Gasteiger partial charge in [0, 0.05) is 6.54 Å². The summed E-state index contributed by atoms with van der Waals surface area (Å²) in [5.41, 5.74) is -0.523. The molecule has 1 aliphatic heterocycles. The van der Waals surface area contributed by atoms with E-state index in [0.717, 1.165) is 6.54 Å². The molecule has 13 heavy (non-hydrogen) atoms. The summed E-state index contributed by atoms with van der Waals surface area (Å²) in [6.45, 7) is 7.05. The predicted molar refractivity (Wildman–Crippen MR) is 47.9 cm³/mol. The fourth-order valence-electron chi connectivity index (χ4n) is 1.59. The molecule has 4 heteroatoms. The van der Waals surface area contributed by atoms with Crippen LogP contribution in [0.4, 0.5) is 0 Å². The highest BCUT2D eigenvalue weighted by Crippen LogP contribution is 2.33. The summed E-state index contributed by atoms with van der Waals surface area (Å²) in [5, 5.41) is 1.82. The zero-order chi connectivity index (χ0) is 10.1. The van der Waals surface area contributed by atoms with E-state index < -0.39 is 5.41 Å². The maximum atomic E-state index is 11.5. The number of nitrogens with zero attached hydrogens (tertiary/aromatic N) is 1. The van der Waals surface area contributed by atoms with Gasteiger partial charge in [-0.1, -0.05) is 6.92 Å². The van der Waals surface area contributed by atoms with E-state index >= 15 is 0 Å². The van der Waals surface area contributed by atoms with Crippen LogP contribution in [0.25, 0.3) is 0 Å². The molecule has 0 saturated carbocycles. The number of methoxy groups -OCH3 is 1. The van der Waals surface area contributed by atoms with Crippen molar-refractivity contribution < 1.29 is 14.4 Å². The number of esters is 1. The average molecular weight is 187 g/mol. The lowest BCUT2D eigenvalue weighted by Crippen LogP contribution is -2.42. The number of hydroxylamine groups is 2.